The van der Waals surface area contributed by atoms with E-state index in [1.807, 2.05) is 18.3 Å². The van der Waals surface area contributed by atoms with Crippen LogP contribution in [0.25, 0.3) is 10.9 Å². The van der Waals surface area contributed by atoms with Gasteiger partial charge in [0.2, 0.25) is 0 Å². The first kappa shape index (κ1) is 21.5. The molecule has 2 aromatic carbocycles. The van der Waals surface area contributed by atoms with Crippen LogP contribution in [0.4, 0.5) is 0 Å². The lowest BCUT2D eigenvalue weighted by molar-refractivity contribution is 0.0953. The van der Waals surface area contributed by atoms with Crippen LogP contribution in [0, 0.1) is 23.5 Å². The number of piperidine rings is 1. The minimum Gasteiger partial charge on any atom is -0.496 e. The van der Waals surface area contributed by atoms with E-state index in [1.165, 1.54) is 53.1 Å². The highest BCUT2D eigenvalue weighted by Crippen LogP contribution is 2.47. The fourth-order valence-electron chi connectivity index (χ4n) is 5.51. The van der Waals surface area contributed by atoms with Crippen LogP contribution in [-0.4, -0.2) is 34.0 Å². The molecule has 1 aliphatic heterocycles. The van der Waals surface area contributed by atoms with Crippen LogP contribution >= 0.6 is 0 Å². The minimum atomic E-state index is -2.69. The van der Waals surface area contributed by atoms with Crippen LogP contribution in [0.1, 0.15) is 48.4 Å². The number of aromatic nitrogens is 1. The average Bonchev–Trinajstić information content (AvgIpc) is 3.51. The van der Waals surface area contributed by atoms with Crippen LogP contribution in [0.3, 0.4) is 0 Å². The van der Waals surface area contributed by atoms with E-state index in [0.717, 1.165) is 37.1 Å². The summed E-state index contributed by atoms with van der Waals surface area (Å²) in [6.07, 6.45) is 8.67. The van der Waals surface area contributed by atoms with Gasteiger partial charge in [-0.15, -0.1) is 0 Å². The molecule has 3 atom stereocenters. The Kier molecular flexibility index (Phi) is 5.54. The second kappa shape index (κ2) is 8.23. The summed E-state index contributed by atoms with van der Waals surface area (Å²) >= 11 is 0. The molecular weight excluding hydrogens is 418 g/mol. The van der Waals surface area contributed by atoms with E-state index in [2.05, 4.69) is 41.1 Å². The third-order valence-electron chi connectivity index (χ3n) is 7.45. The molecule has 32 heavy (non-hydrogen) atoms. The third kappa shape index (κ3) is 4.06. The van der Waals surface area contributed by atoms with Gasteiger partial charge >= 0.3 is 0 Å². The molecule has 6 heteroatoms. The van der Waals surface area contributed by atoms with Crippen molar-refractivity contribution >= 4 is 20.6 Å². The summed E-state index contributed by atoms with van der Waals surface area (Å²) in [6.45, 7) is 4.03. The van der Waals surface area contributed by atoms with Gasteiger partial charge in [0.05, 0.1) is 16.8 Å². The van der Waals surface area contributed by atoms with Crippen LogP contribution < -0.4 is 4.74 Å². The number of rotatable bonds is 6. The largest absolute Gasteiger partial charge is 0.496 e. The molecule has 0 spiro atoms. The Hall–Kier alpha value is -2.31. The molecule has 5 nitrogen and oxygen atoms in total. The predicted molar refractivity (Wildman–Crippen MR) is 130 cm³/mol. The topological polar surface area (TPSA) is 69.2 Å². The summed E-state index contributed by atoms with van der Waals surface area (Å²) in [6, 6.07) is 12.6. The van der Waals surface area contributed by atoms with E-state index in [4.69, 9.17) is 9.52 Å². The maximum absolute atomic E-state index is 12.2. The van der Waals surface area contributed by atoms with Gasteiger partial charge in [-0.2, -0.15) is 0 Å². The van der Waals surface area contributed by atoms with E-state index in [9.17, 15) is 4.21 Å². The molecule has 5 rings (SSSR count). The van der Waals surface area contributed by atoms with Gasteiger partial charge in [0.1, 0.15) is 5.75 Å². The zero-order valence-electron chi connectivity index (χ0n) is 19.2. The third-order valence-corrected chi connectivity index (χ3v) is 8.62. The van der Waals surface area contributed by atoms with Crippen molar-refractivity contribution in [2.24, 2.45) is 11.8 Å². The average molecular weight is 452 g/mol. The molecular formula is C26H33N3O2S. The number of likely N-dealkylation sites (tertiary alicyclic amines) is 1. The van der Waals surface area contributed by atoms with Gasteiger partial charge < -0.3 is 9.72 Å². The first-order valence-corrected chi connectivity index (χ1v) is 13.5. The van der Waals surface area contributed by atoms with Crippen molar-refractivity contribution in [1.82, 2.24) is 9.88 Å². The quantitative estimate of drug-likeness (QED) is 0.491. The Morgan fingerprint density at radius 2 is 1.91 bits per heavy atom. The molecule has 2 aliphatic rings. The molecule has 1 saturated carbocycles. The highest BCUT2D eigenvalue weighted by molar-refractivity contribution is 7.91. The van der Waals surface area contributed by atoms with Gasteiger partial charge in [-0.05, 0) is 86.4 Å². The molecule has 0 bridgehead atoms. The number of hydrogen-bond acceptors (Lipinski definition) is 4. The lowest BCUT2D eigenvalue weighted by Crippen LogP contribution is -2.37. The molecule has 1 saturated heterocycles. The predicted octanol–water partition coefficient (Wildman–Crippen LogP) is 5.88. The normalized spacial score (nSPS) is 23.8. The molecule has 2 unspecified atom stereocenters. The number of H-pyrrole nitrogens is 1. The van der Waals surface area contributed by atoms with Crippen molar-refractivity contribution in [2.45, 2.75) is 50.1 Å². The molecule has 1 aromatic heterocycles. The van der Waals surface area contributed by atoms with Gasteiger partial charge in [-0.25, -0.2) is 8.99 Å². The van der Waals surface area contributed by atoms with Crippen LogP contribution in [-0.2, 0) is 16.3 Å². The van der Waals surface area contributed by atoms with Crippen molar-refractivity contribution in [3.05, 3.63) is 59.3 Å². The second-order valence-electron chi connectivity index (χ2n) is 9.66. The number of benzene rings is 2. The van der Waals surface area contributed by atoms with Crippen LogP contribution in [0.5, 0.6) is 5.75 Å². The Labute approximate surface area is 191 Å². The van der Waals surface area contributed by atoms with E-state index in [-0.39, 0.29) is 0 Å². The van der Waals surface area contributed by atoms with Crippen molar-refractivity contribution in [3.8, 4) is 5.75 Å². The highest BCUT2D eigenvalue weighted by atomic mass is 32.2. The SMILES string of the molecule is COc1cc(C)c2[nH]ccc2c1CN1CCC(C2CC2)C[C@H]1c1ccc(S(C)(=N)=O)cc1. The lowest BCUT2D eigenvalue weighted by atomic mass is 9.84. The Balaban J connectivity index is 1.50. The maximum atomic E-state index is 12.2. The molecule has 2 heterocycles. The van der Waals surface area contributed by atoms with Gasteiger partial charge in [0, 0.05) is 46.4 Å². The standard InChI is InChI=1S/C26H33N3O2S/c1-17-14-25(31-2)23(22-10-12-28-26(17)22)16-29-13-11-20(18-4-5-18)15-24(29)19-6-8-21(9-7-19)32(3,27)30/h6-10,12,14,18,20,24,27-28H,4-5,11,13,15-16H2,1-3H3/t20?,24-,32?/m0/s1. The number of ether oxygens (including phenoxy) is 1. The summed E-state index contributed by atoms with van der Waals surface area (Å²) < 4.78 is 25.9. The molecule has 0 radical (unpaired) electrons. The summed E-state index contributed by atoms with van der Waals surface area (Å²) in [5, 5.41) is 1.24. The fraction of sp³-hybridized carbons (Fsp3) is 0.462. The van der Waals surface area contributed by atoms with Gasteiger partial charge in [0.15, 0.2) is 0 Å². The number of fused-ring (bicyclic) bond motifs is 1. The summed E-state index contributed by atoms with van der Waals surface area (Å²) in [7, 11) is -0.932. The second-order valence-corrected chi connectivity index (χ2v) is 11.8. The summed E-state index contributed by atoms with van der Waals surface area (Å²) in [4.78, 5) is 6.59. The van der Waals surface area contributed by atoms with Gasteiger partial charge in [-0.1, -0.05) is 12.1 Å². The van der Waals surface area contributed by atoms with Crippen LogP contribution in [0.15, 0.2) is 47.5 Å². The van der Waals surface area contributed by atoms with Crippen molar-refractivity contribution in [1.29, 1.82) is 4.78 Å². The Morgan fingerprint density at radius 3 is 2.56 bits per heavy atom. The fourth-order valence-corrected chi connectivity index (χ4v) is 6.16. The first-order valence-electron chi connectivity index (χ1n) is 11.6. The zero-order valence-corrected chi connectivity index (χ0v) is 20.0. The number of methoxy groups -OCH3 is 1. The number of hydrogen-bond donors (Lipinski definition) is 2. The number of nitrogens with one attached hydrogen (secondary N) is 2. The number of nitrogens with zero attached hydrogens (tertiary/aromatic N) is 1. The van der Waals surface area contributed by atoms with E-state index < -0.39 is 9.73 Å². The first-order chi connectivity index (χ1) is 15.3. The molecule has 0 amide bonds. The van der Waals surface area contributed by atoms with Gasteiger partial charge in [0.25, 0.3) is 0 Å². The van der Waals surface area contributed by atoms with E-state index in [0.29, 0.717) is 10.9 Å². The Bertz CT molecular complexity index is 1230. The van der Waals surface area contributed by atoms with E-state index in [1.54, 1.807) is 7.11 Å². The maximum Gasteiger partial charge on any atom is 0.124 e. The van der Waals surface area contributed by atoms with Crippen LogP contribution in [0.2, 0.25) is 0 Å². The Morgan fingerprint density at radius 1 is 1.16 bits per heavy atom. The summed E-state index contributed by atoms with van der Waals surface area (Å²) in [5.41, 5.74) is 4.88. The van der Waals surface area contributed by atoms with Crippen molar-refractivity contribution < 1.29 is 8.95 Å². The molecule has 2 N–H and O–H groups in total. The molecule has 170 valence electrons. The van der Waals surface area contributed by atoms with Gasteiger partial charge in [-0.3, -0.25) is 4.90 Å². The molecule has 2 fully saturated rings. The number of aromatic amines is 1. The highest BCUT2D eigenvalue weighted by Gasteiger charge is 2.38. The zero-order chi connectivity index (χ0) is 22.5. The smallest absolute Gasteiger partial charge is 0.124 e. The minimum absolute atomic E-state index is 0.321. The summed E-state index contributed by atoms with van der Waals surface area (Å²) in [5.74, 6) is 2.63. The monoisotopic (exact) mass is 451 g/mol. The molecule has 1 aliphatic carbocycles. The van der Waals surface area contributed by atoms with Crippen molar-refractivity contribution in [2.75, 3.05) is 19.9 Å². The lowest BCUT2D eigenvalue weighted by Gasteiger charge is -2.40. The van der Waals surface area contributed by atoms with E-state index >= 15 is 0 Å². The number of aryl methyl sites for hydroxylation is 1. The molecule has 3 aromatic rings. The van der Waals surface area contributed by atoms with Crippen molar-refractivity contribution in [3.63, 3.8) is 0 Å².